The van der Waals surface area contributed by atoms with Crippen LogP contribution < -0.4 is 5.19 Å². The Balaban J connectivity index is 0.000000424. The van der Waals surface area contributed by atoms with E-state index in [2.05, 4.69) is 36.9 Å². The van der Waals surface area contributed by atoms with E-state index in [-0.39, 0.29) is 16.0 Å². The molecule has 0 heterocycles. The predicted molar refractivity (Wildman–Crippen MR) is 58.3 cm³/mol. The van der Waals surface area contributed by atoms with Crippen molar-refractivity contribution in [1.29, 1.82) is 0 Å². The summed E-state index contributed by atoms with van der Waals surface area (Å²) >= 11 is 0. The van der Waals surface area contributed by atoms with Crippen LogP contribution in [-0.2, 0) is 4.79 Å². The van der Waals surface area contributed by atoms with Gasteiger partial charge < -0.3 is 5.11 Å². The minimum Gasteiger partial charge on any atom is -0.483 e. The second-order valence-electron chi connectivity index (χ2n) is 2.42. The predicted octanol–water partition coefficient (Wildman–Crippen LogP) is 0.786. The highest BCUT2D eigenvalue weighted by molar-refractivity contribution is 6.53. The van der Waals surface area contributed by atoms with Gasteiger partial charge in [0, 0.05) is 0 Å². The number of benzene rings is 1. The smallest absolute Gasteiger partial charge is 0.290 e. The highest BCUT2D eigenvalue weighted by Crippen LogP contribution is 1.84. The minimum absolute atomic E-state index is 0.0295. The fourth-order valence-electron chi connectivity index (χ4n) is 0.913. The molecule has 1 aromatic carbocycles. The molecule has 3 heteroatoms. The fourth-order valence-corrected chi connectivity index (χ4v) is 2.06. The Morgan fingerprint density at radius 3 is 2.38 bits per heavy atom. The fraction of sp³-hybridized carbons (Fsp3) is 0.100. The summed E-state index contributed by atoms with van der Waals surface area (Å²) in [5, 5.41) is 8.42. The second kappa shape index (κ2) is 8.74. The number of rotatable bonds is 3. The summed E-state index contributed by atoms with van der Waals surface area (Å²) in [4.78, 5) is 8.36. The molecule has 1 rings (SSSR count). The molecule has 0 radical (unpaired) electrons. The summed E-state index contributed by atoms with van der Waals surface area (Å²) in [6, 6.07) is 11.9. The zero-order chi connectivity index (χ0) is 9.94. The molecule has 0 aliphatic carbocycles. The first-order valence-corrected chi connectivity index (χ1v) is 5.78. The summed E-state index contributed by atoms with van der Waals surface area (Å²) in [5.41, 5.74) is 0. The maximum absolute atomic E-state index is 8.36. The molecule has 0 unspecified atom stereocenters. The van der Waals surface area contributed by atoms with Gasteiger partial charge in [-0.15, -0.1) is 6.58 Å². The van der Waals surface area contributed by atoms with Crippen LogP contribution in [0, 0.1) is 0 Å². The molecule has 0 fully saturated rings. The van der Waals surface area contributed by atoms with Gasteiger partial charge in [-0.2, -0.15) is 0 Å². The van der Waals surface area contributed by atoms with Crippen LogP contribution in [0.5, 0.6) is 0 Å². The van der Waals surface area contributed by atoms with Gasteiger partial charge in [0.15, 0.2) is 0 Å². The molecular formula is C10H14O2Si. The zero-order valence-electron chi connectivity index (χ0n) is 7.52. The standard InChI is InChI=1S/C9H12Si.CH2O2/c1-2-8-10-9-6-4-3-5-7-9;2-1-3/h2-7H,1,8,10H2;1H,(H,2,3). The number of carboxylic acid groups (broad SMARTS) is 1. The maximum Gasteiger partial charge on any atom is 0.290 e. The van der Waals surface area contributed by atoms with Crippen molar-refractivity contribution < 1.29 is 9.90 Å². The molecule has 1 N–H and O–H groups in total. The quantitative estimate of drug-likeness (QED) is 0.439. The lowest BCUT2D eigenvalue weighted by Crippen LogP contribution is -2.11. The van der Waals surface area contributed by atoms with Crippen molar-refractivity contribution in [2.24, 2.45) is 0 Å². The summed E-state index contributed by atoms with van der Waals surface area (Å²) < 4.78 is 0. The summed E-state index contributed by atoms with van der Waals surface area (Å²) in [6.45, 7) is 3.46. The average molecular weight is 194 g/mol. The van der Waals surface area contributed by atoms with E-state index < -0.39 is 0 Å². The van der Waals surface area contributed by atoms with Gasteiger partial charge >= 0.3 is 0 Å². The zero-order valence-corrected chi connectivity index (χ0v) is 8.93. The lowest BCUT2D eigenvalue weighted by molar-refractivity contribution is -0.122. The minimum atomic E-state index is -0.250. The van der Waals surface area contributed by atoms with Crippen molar-refractivity contribution in [3.05, 3.63) is 43.0 Å². The normalized spacial score (nSPS) is 8.92. The molecule has 1 aromatic rings. The Hall–Kier alpha value is -1.35. The average Bonchev–Trinajstić information content (AvgIpc) is 2.18. The number of hydrogen-bond donors (Lipinski definition) is 1. The van der Waals surface area contributed by atoms with E-state index in [9.17, 15) is 0 Å². The second-order valence-corrected chi connectivity index (χ2v) is 4.31. The van der Waals surface area contributed by atoms with Crippen LogP contribution in [0.25, 0.3) is 0 Å². The largest absolute Gasteiger partial charge is 0.483 e. The molecule has 0 bridgehead atoms. The topological polar surface area (TPSA) is 37.3 Å². The Bertz CT molecular complexity index is 234. The molecule has 0 aliphatic heterocycles. The van der Waals surface area contributed by atoms with Crippen LogP contribution in [-0.4, -0.2) is 21.1 Å². The van der Waals surface area contributed by atoms with E-state index in [1.54, 1.807) is 0 Å². The van der Waals surface area contributed by atoms with Crippen LogP contribution in [0.4, 0.5) is 0 Å². The van der Waals surface area contributed by atoms with E-state index in [1.165, 1.54) is 11.2 Å². The SMILES string of the molecule is C=CC[SiH2]c1ccccc1.O=CO. The first-order valence-electron chi connectivity index (χ1n) is 4.07. The van der Waals surface area contributed by atoms with Crippen molar-refractivity contribution in [1.82, 2.24) is 0 Å². The molecule has 0 saturated carbocycles. The first kappa shape index (κ1) is 11.6. The molecule has 0 saturated heterocycles. The molecule has 0 amide bonds. The molecule has 70 valence electrons. The van der Waals surface area contributed by atoms with E-state index in [0.717, 1.165) is 0 Å². The van der Waals surface area contributed by atoms with Crippen molar-refractivity contribution >= 4 is 21.2 Å². The van der Waals surface area contributed by atoms with Crippen LogP contribution >= 0.6 is 0 Å². The monoisotopic (exact) mass is 194 g/mol. The first-order chi connectivity index (χ1) is 6.35. The third kappa shape index (κ3) is 7.02. The lowest BCUT2D eigenvalue weighted by Gasteiger charge is -1.93. The van der Waals surface area contributed by atoms with E-state index >= 15 is 0 Å². The van der Waals surface area contributed by atoms with Crippen LogP contribution in [0.15, 0.2) is 43.0 Å². The third-order valence-electron chi connectivity index (χ3n) is 1.48. The highest BCUT2D eigenvalue weighted by atomic mass is 28.2. The van der Waals surface area contributed by atoms with Gasteiger partial charge in [0.1, 0.15) is 0 Å². The van der Waals surface area contributed by atoms with Gasteiger partial charge in [0.05, 0.1) is 9.52 Å². The van der Waals surface area contributed by atoms with E-state index in [4.69, 9.17) is 9.90 Å². The summed E-state index contributed by atoms with van der Waals surface area (Å²) in [6.07, 6.45) is 2.01. The lowest BCUT2D eigenvalue weighted by atomic mass is 10.4. The van der Waals surface area contributed by atoms with Crippen LogP contribution in [0.1, 0.15) is 0 Å². The van der Waals surface area contributed by atoms with Crippen molar-refractivity contribution in [2.45, 2.75) is 6.04 Å². The van der Waals surface area contributed by atoms with Crippen LogP contribution in [0.2, 0.25) is 6.04 Å². The van der Waals surface area contributed by atoms with Crippen LogP contribution in [0.3, 0.4) is 0 Å². The summed E-state index contributed by atoms with van der Waals surface area (Å²) in [5.74, 6) is 0. The molecule has 0 aliphatic rings. The molecule has 13 heavy (non-hydrogen) atoms. The molecule has 0 spiro atoms. The number of carbonyl (C=O) groups is 1. The van der Waals surface area contributed by atoms with Gasteiger partial charge in [0.2, 0.25) is 0 Å². The van der Waals surface area contributed by atoms with Gasteiger partial charge in [0.25, 0.3) is 6.47 Å². The number of hydrogen-bond acceptors (Lipinski definition) is 1. The summed E-state index contributed by atoms with van der Waals surface area (Å²) in [7, 11) is -0.0295. The Kier molecular flexibility index (Phi) is 7.83. The van der Waals surface area contributed by atoms with Gasteiger partial charge in [-0.3, -0.25) is 4.79 Å². The maximum atomic E-state index is 8.36. The highest BCUT2D eigenvalue weighted by Gasteiger charge is 1.87. The van der Waals surface area contributed by atoms with Gasteiger partial charge in [-0.1, -0.05) is 41.6 Å². The Labute approximate surface area is 80.7 Å². The molecular weight excluding hydrogens is 180 g/mol. The van der Waals surface area contributed by atoms with Gasteiger partial charge in [-0.05, 0) is 6.04 Å². The van der Waals surface area contributed by atoms with Crippen molar-refractivity contribution in [2.75, 3.05) is 0 Å². The van der Waals surface area contributed by atoms with Crippen molar-refractivity contribution in [3.63, 3.8) is 0 Å². The van der Waals surface area contributed by atoms with Crippen molar-refractivity contribution in [3.8, 4) is 0 Å². The van der Waals surface area contributed by atoms with E-state index in [0.29, 0.717) is 0 Å². The molecule has 2 nitrogen and oxygen atoms in total. The Morgan fingerprint density at radius 1 is 1.38 bits per heavy atom. The molecule has 0 atom stereocenters. The number of allylic oxidation sites excluding steroid dienone is 1. The Morgan fingerprint density at radius 2 is 1.92 bits per heavy atom. The van der Waals surface area contributed by atoms with Gasteiger partial charge in [-0.25, -0.2) is 0 Å². The van der Waals surface area contributed by atoms with E-state index in [1.807, 2.05) is 6.08 Å². The third-order valence-corrected chi connectivity index (χ3v) is 3.23. The molecule has 0 aromatic heterocycles.